The number of Topliss-reactive ketones (excluding diaryl/α,β-unsaturated/α-hetero) is 1. The molecule has 1 aliphatic rings. The van der Waals surface area contributed by atoms with Crippen LogP contribution in [0.5, 0.6) is 0 Å². The molecule has 1 aliphatic carbocycles. The Kier molecular flexibility index (Phi) is 3.42. The van der Waals surface area contributed by atoms with Crippen molar-refractivity contribution in [3.05, 3.63) is 31.5 Å². The van der Waals surface area contributed by atoms with Crippen LogP contribution in [-0.4, -0.2) is 23.8 Å². The second-order valence-electron chi connectivity index (χ2n) is 4.01. The highest BCUT2D eigenvalue weighted by Gasteiger charge is 2.33. The fourth-order valence-electron chi connectivity index (χ4n) is 2.04. The number of ether oxygens (including phenoxy) is 1. The monoisotopic (exact) mass is 269 g/mol. The number of esters is 1. The molecule has 96 valence electrons. The lowest BCUT2D eigenvalue weighted by Crippen LogP contribution is -2.14. The third-order valence-corrected chi connectivity index (χ3v) is 4.19. The van der Waals surface area contributed by atoms with Crippen molar-refractivity contribution in [1.82, 2.24) is 0 Å². The Morgan fingerprint density at radius 3 is 2.89 bits per heavy atom. The Hall–Kier alpha value is -1.76. The molecule has 0 amide bonds. The molecule has 1 atom stereocenters. The number of ketones is 1. The number of carbonyl (C=O) groups is 2. The van der Waals surface area contributed by atoms with Gasteiger partial charge in [-0.05, 0) is 24.5 Å². The van der Waals surface area contributed by atoms with Gasteiger partial charge in [-0.15, -0.1) is 11.3 Å². The standard InChI is InChI=1S/C11H11NO5S/c1-17-11(14)9(13)8-5-6-3-2-4-7(12(15)16)10(6)18-8/h5,7H,2-4H2,1H3. The normalized spacial score (nSPS) is 17.9. The summed E-state index contributed by atoms with van der Waals surface area (Å²) in [5.41, 5.74) is 0.806. The van der Waals surface area contributed by atoms with E-state index in [0.29, 0.717) is 17.7 Å². The van der Waals surface area contributed by atoms with Crippen molar-refractivity contribution in [2.45, 2.75) is 25.3 Å². The first-order chi connectivity index (χ1) is 8.54. The van der Waals surface area contributed by atoms with E-state index in [1.807, 2.05) is 0 Å². The van der Waals surface area contributed by atoms with E-state index in [1.165, 1.54) is 0 Å². The first-order valence-corrected chi connectivity index (χ1v) is 6.25. The molecule has 6 nitrogen and oxygen atoms in total. The highest BCUT2D eigenvalue weighted by molar-refractivity contribution is 7.15. The van der Waals surface area contributed by atoms with E-state index in [9.17, 15) is 19.7 Å². The maximum atomic E-state index is 11.6. The molecule has 0 bridgehead atoms. The number of methoxy groups -OCH3 is 1. The highest BCUT2D eigenvalue weighted by atomic mass is 32.1. The van der Waals surface area contributed by atoms with Crippen LogP contribution >= 0.6 is 11.3 Å². The quantitative estimate of drug-likeness (QED) is 0.274. The number of hydrogen-bond acceptors (Lipinski definition) is 6. The van der Waals surface area contributed by atoms with Crippen LogP contribution in [-0.2, 0) is 16.0 Å². The van der Waals surface area contributed by atoms with Crippen LogP contribution in [0.25, 0.3) is 0 Å². The number of aryl methyl sites for hydroxylation is 1. The summed E-state index contributed by atoms with van der Waals surface area (Å²) in [6.45, 7) is 0. The predicted octanol–water partition coefficient (Wildman–Crippen LogP) is 1.76. The maximum absolute atomic E-state index is 11.6. The summed E-state index contributed by atoms with van der Waals surface area (Å²) >= 11 is 1.03. The number of nitro groups is 1. The number of rotatable bonds is 3. The van der Waals surface area contributed by atoms with Gasteiger partial charge < -0.3 is 4.74 Å². The highest BCUT2D eigenvalue weighted by Crippen LogP contribution is 2.38. The molecule has 1 aromatic rings. The summed E-state index contributed by atoms with van der Waals surface area (Å²) in [6.07, 6.45) is 1.91. The van der Waals surface area contributed by atoms with Gasteiger partial charge in [0.2, 0.25) is 6.04 Å². The topological polar surface area (TPSA) is 86.5 Å². The fourth-order valence-corrected chi connectivity index (χ4v) is 3.29. The molecule has 0 saturated heterocycles. The van der Waals surface area contributed by atoms with Crippen LogP contribution in [0.4, 0.5) is 0 Å². The zero-order valence-electron chi connectivity index (χ0n) is 9.67. The minimum absolute atomic E-state index is 0.223. The number of thiophene rings is 1. The first kappa shape index (κ1) is 12.7. The second-order valence-corrected chi connectivity index (χ2v) is 5.10. The van der Waals surface area contributed by atoms with Crippen molar-refractivity contribution in [3.63, 3.8) is 0 Å². The number of fused-ring (bicyclic) bond motifs is 1. The SMILES string of the molecule is COC(=O)C(=O)c1cc2c(s1)C([N+](=O)[O-])CCC2. The Labute approximate surface area is 107 Å². The van der Waals surface area contributed by atoms with E-state index in [2.05, 4.69) is 4.74 Å². The van der Waals surface area contributed by atoms with E-state index in [-0.39, 0.29) is 9.80 Å². The van der Waals surface area contributed by atoms with Crippen LogP contribution in [0.1, 0.15) is 39.0 Å². The summed E-state index contributed by atoms with van der Waals surface area (Å²) in [6, 6.07) is 0.826. The Balaban J connectivity index is 2.35. The number of nitrogens with zero attached hydrogens (tertiary/aromatic N) is 1. The summed E-state index contributed by atoms with van der Waals surface area (Å²) in [7, 11) is 1.13. The molecule has 0 fully saturated rings. The lowest BCUT2D eigenvalue weighted by molar-refractivity contribution is -0.530. The van der Waals surface area contributed by atoms with Crippen molar-refractivity contribution < 1.29 is 19.2 Å². The summed E-state index contributed by atoms with van der Waals surface area (Å²) in [5.74, 6) is -1.68. The minimum atomic E-state index is -0.939. The fraction of sp³-hybridized carbons (Fsp3) is 0.455. The number of hydrogen-bond donors (Lipinski definition) is 0. The van der Waals surface area contributed by atoms with Crippen LogP contribution < -0.4 is 0 Å². The average molecular weight is 269 g/mol. The van der Waals surface area contributed by atoms with Gasteiger partial charge in [-0.2, -0.15) is 0 Å². The van der Waals surface area contributed by atoms with E-state index < -0.39 is 17.8 Å². The van der Waals surface area contributed by atoms with E-state index in [0.717, 1.165) is 30.4 Å². The van der Waals surface area contributed by atoms with Gasteiger partial charge in [0.25, 0.3) is 5.78 Å². The third kappa shape index (κ3) is 2.13. The average Bonchev–Trinajstić information content (AvgIpc) is 2.79. The molecule has 0 N–H and O–H groups in total. The van der Waals surface area contributed by atoms with Crippen LogP contribution in [0.2, 0.25) is 0 Å². The summed E-state index contributed by atoms with van der Waals surface area (Å²) in [4.78, 5) is 34.2. The second kappa shape index (κ2) is 4.85. The molecule has 18 heavy (non-hydrogen) atoms. The van der Waals surface area contributed by atoms with Crippen molar-refractivity contribution in [1.29, 1.82) is 0 Å². The Bertz CT molecular complexity index is 522. The molecule has 1 aromatic heterocycles. The lowest BCUT2D eigenvalue weighted by Gasteiger charge is -2.14. The van der Waals surface area contributed by atoms with Gasteiger partial charge in [0, 0.05) is 11.3 Å². The van der Waals surface area contributed by atoms with Gasteiger partial charge in [-0.25, -0.2) is 4.79 Å². The molecule has 0 aromatic carbocycles. The molecule has 0 saturated carbocycles. The number of carbonyl (C=O) groups excluding carboxylic acids is 2. The predicted molar refractivity (Wildman–Crippen MR) is 63.3 cm³/mol. The molecule has 7 heteroatoms. The van der Waals surface area contributed by atoms with Crippen molar-refractivity contribution in [2.24, 2.45) is 0 Å². The Morgan fingerprint density at radius 1 is 1.56 bits per heavy atom. The van der Waals surface area contributed by atoms with Crippen LogP contribution in [0.15, 0.2) is 6.07 Å². The van der Waals surface area contributed by atoms with Gasteiger partial charge in [0.05, 0.1) is 16.9 Å². The summed E-state index contributed by atoms with van der Waals surface area (Å²) in [5, 5.41) is 10.9. The molecule has 1 heterocycles. The smallest absolute Gasteiger partial charge is 0.380 e. The largest absolute Gasteiger partial charge is 0.463 e. The molecular formula is C11H11NO5S. The van der Waals surface area contributed by atoms with Gasteiger partial charge in [-0.3, -0.25) is 14.9 Å². The summed E-state index contributed by atoms with van der Waals surface area (Å²) < 4.78 is 4.36. The van der Waals surface area contributed by atoms with Crippen molar-refractivity contribution in [3.8, 4) is 0 Å². The molecule has 2 rings (SSSR count). The maximum Gasteiger partial charge on any atom is 0.380 e. The molecule has 0 aliphatic heterocycles. The zero-order valence-corrected chi connectivity index (χ0v) is 10.5. The van der Waals surface area contributed by atoms with E-state index >= 15 is 0 Å². The van der Waals surface area contributed by atoms with Gasteiger partial charge in [0.15, 0.2) is 0 Å². The first-order valence-electron chi connectivity index (χ1n) is 5.43. The third-order valence-electron chi connectivity index (χ3n) is 2.92. The van der Waals surface area contributed by atoms with Gasteiger partial charge in [0.1, 0.15) is 0 Å². The van der Waals surface area contributed by atoms with E-state index in [4.69, 9.17) is 0 Å². The Morgan fingerprint density at radius 2 is 2.28 bits per heavy atom. The van der Waals surface area contributed by atoms with Gasteiger partial charge >= 0.3 is 5.97 Å². The minimum Gasteiger partial charge on any atom is -0.463 e. The zero-order chi connectivity index (χ0) is 13.3. The molecular weight excluding hydrogens is 258 g/mol. The molecule has 0 radical (unpaired) electrons. The lowest BCUT2D eigenvalue weighted by atomic mass is 9.95. The van der Waals surface area contributed by atoms with Crippen molar-refractivity contribution in [2.75, 3.05) is 7.11 Å². The van der Waals surface area contributed by atoms with Crippen LogP contribution in [0.3, 0.4) is 0 Å². The molecule has 1 unspecified atom stereocenters. The van der Waals surface area contributed by atoms with Gasteiger partial charge in [-0.1, -0.05) is 0 Å². The van der Waals surface area contributed by atoms with E-state index in [1.54, 1.807) is 6.07 Å². The van der Waals surface area contributed by atoms with Crippen LogP contribution in [0, 0.1) is 10.1 Å². The van der Waals surface area contributed by atoms with Crippen molar-refractivity contribution >= 4 is 23.1 Å². The molecule has 0 spiro atoms.